The third kappa shape index (κ3) is 3.95. The van der Waals surface area contributed by atoms with Crippen molar-refractivity contribution in [2.24, 2.45) is 0 Å². The lowest BCUT2D eigenvalue weighted by Crippen LogP contribution is -2.37. The Balaban J connectivity index is 1.38. The summed E-state index contributed by atoms with van der Waals surface area (Å²) in [6.45, 7) is 3.76. The van der Waals surface area contributed by atoms with Gasteiger partial charge in [0.1, 0.15) is 5.01 Å². The molecule has 1 aliphatic heterocycles. The predicted molar refractivity (Wildman–Crippen MR) is 101 cm³/mol. The minimum absolute atomic E-state index is 0.106. The van der Waals surface area contributed by atoms with E-state index in [9.17, 15) is 8.42 Å². The lowest BCUT2D eigenvalue weighted by atomic mass is 10.2. The zero-order valence-electron chi connectivity index (χ0n) is 14.2. The van der Waals surface area contributed by atoms with Crippen molar-refractivity contribution in [3.8, 4) is 10.6 Å². The summed E-state index contributed by atoms with van der Waals surface area (Å²) in [6, 6.07) is 10.2. The Hall–Kier alpha value is -1.28. The first kappa shape index (κ1) is 17.1. The normalized spacial score (nSPS) is 20.5. The van der Waals surface area contributed by atoms with Gasteiger partial charge in [-0.3, -0.25) is 4.90 Å². The molecule has 1 aliphatic carbocycles. The second-order valence-corrected chi connectivity index (χ2v) is 9.85. The molecule has 2 aliphatic rings. The van der Waals surface area contributed by atoms with Crippen molar-refractivity contribution in [1.29, 1.82) is 0 Å². The second kappa shape index (κ2) is 7.15. The molecule has 0 spiro atoms. The van der Waals surface area contributed by atoms with Gasteiger partial charge in [-0.25, -0.2) is 17.7 Å². The summed E-state index contributed by atoms with van der Waals surface area (Å²) in [5.74, 6) is 0. The third-order valence-electron chi connectivity index (χ3n) is 4.81. The highest BCUT2D eigenvalue weighted by Crippen LogP contribution is 2.31. The Bertz CT molecular complexity index is 816. The molecule has 134 valence electrons. The molecular formula is C18H23N3O2S2. The molecule has 1 aromatic carbocycles. The third-order valence-corrected chi connectivity index (χ3v) is 8.15. The summed E-state index contributed by atoms with van der Waals surface area (Å²) in [7, 11) is -3.05. The van der Waals surface area contributed by atoms with E-state index in [0.29, 0.717) is 13.1 Å². The van der Waals surface area contributed by atoms with E-state index >= 15 is 0 Å². The van der Waals surface area contributed by atoms with Gasteiger partial charge in [0.2, 0.25) is 10.0 Å². The van der Waals surface area contributed by atoms with Gasteiger partial charge < -0.3 is 0 Å². The van der Waals surface area contributed by atoms with Gasteiger partial charge >= 0.3 is 0 Å². The van der Waals surface area contributed by atoms with Crippen molar-refractivity contribution < 1.29 is 8.42 Å². The van der Waals surface area contributed by atoms with Crippen molar-refractivity contribution in [3.63, 3.8) is 0 Å². The molecule has 0 bridgehead atoms. The predicted octanol–water partition coefficient (Wildman–Crippen LogP) is 2.81. The lowest BCUT2D eigenvalue weighted by molar-refractivity contribution is 0.276. The van der Waals surface area contributed by atoms with Gasteiger partial charge in [-0.05, 0) is 25.8 Å². The number of nitrogens with zero attached hydrogens (tertiary/aromatic N) is 3. The topological polar surface area (TPSA) is 53.5 Å². The van der Waals surface area contributed by atoms with Gasteiger partial charge in [0.25, 0.3) is 0 Å². The van der Waals surface area contributed by atoms with E-state index in [1.807, 2.05) is 18.2 Å². The fourth-order valence-corrected chi connectivity index (χ4v) is 5.95. The average Bonchev–Trinajstić information content (AvgIpc) is 3.41. The molecular weight excluding hydrogens is 354 g/mol. The van der Waals surface area contributed by atoms with E-state index in [1.165, 1.54) is 0 Å². The molecule has 1 saturated heterocycles. The highest BCUT2D eigenvalue weighted by molar-refractivity contribution is 7.90. The first-order valence-corrected chi connectivity index (χ1v) is 11.2. The Labute approximate surface area is 153 Å². The minimum Gasteiger partial charge on any atom is -0.296 e. The molecule has 0 amide bonds. The van der Waals surface area contributed by atoms with Crippen LogP contribution in [0.4, 0.5) is 0 Å². The summed E-state index contributed by atoms with van der Waals surface area (Å²) in [5.41, 5.74) is 2.22. The first-order chi connectivity index (χ1) is 12.1. The Morgan fingerprint density at radius 1 is 1.08 bits per heavy atom. The van der Waals surface area contributed by atoms with Crippen molar-refractivity contribution in [3.05, 3.63) is 41.4 Å². The van der Waals surface area contributed by atoms with E-state index in [4.69, 9.17) is 4.98 Å². The molecule has 25 heavy (non-hydrogen) atoms. The molecule has 4 rings (SSSR count). The van der Waals surface area contributed by atoms with E-state index in [-0.39, 0.29) is 5.25 Å². The molecule has 1 aromatic heterocycles. The van der Waals surface area contributed by atoms with Crippen LogP contribution in [0.2, 0.25) is 0 Å². The van der Waals surface area contributed by atoms with Crippen molar-refractivity contribution in [1.82, 2.24) is 14.2 Å². The summed E-state index contributed by atoms with van der Waals surface area (Å²) in [5, 5.41) is 3.06. The average molecular weight is 378 g/mol. The van der Waals surface area contributed by atoms with Gasteiger partial charge in [0.15, 0.2) is 0 Å². The minimum atomic E-state index is -3.05. The van der Waals surface area contributed by atoms with Crippen LogP contribution in [0.1, 0.15) is 25.0 Å². The Morgan fingerprint density at radius 2 is 1.88 bits per heavy atom. The van der Waals surface area contributed by atoms with Gasteiger partial charge in [0, 0.05) is 37.1 Å². The number of hydrogen-bond donors (Lipinski definition) is 0. The number of sulfonamides is 1. The maximum absolute atomic E-state index is 12.4. The highest BCUT2D eigenvalue weighted by Gasteiger charge is 2.40. The van der Waals surface area contributed by atoms with Crippen LogP contribution < -0.4 is 0 Å². The number of aromatic nitrogens is 1. The first-order valence-electron chi connectivity index (χ1n) is 8.84. The standard InChI is InChI=1S/C18H23N3O2S2/c22-25(23,17-7-8-17)21-10-4-9-20(11-12-21)13-16-14-24-18(19-16)15-5-2-1-3-6-15/h1-3,5-6,14,17H,4,7-13H2. The summed E-state index contributed by atoms with van der Waals surface area (Å²) in [4.78, 5) is 7.08. The summed E-state index contributed by atoms with van der Waals surface area (Å²) in [6.07, 6.45) is 2.56. The van der Waals surface area contributed by atoms with Crippen LogP contribution >= 0.6 is 11.3 Å². The maximum Gasteiger partial charge on any atom is 0.217 e. The monoisotopic (exact) mass is 377 g/mol. The SMILES string of the molecule is O=S(=O)(C1CC1)N1CCCN(Cc2csc(-c3ccccc3)n2)CC1. The molecule has 0 atom stereocenters. The number of benzene rings is 1. The van der Waals surface area contributed by atoms with Gasteiger partial charge in [-0.15, -0.1) is 11.3 Å². The molecule has 0 unspecified atom stereocenters. The lowest BCUT2D eigenvalue weighted by Gasteiger charge is -2.21. The summed E-state index contributed by atoms with van der Waals surface area (Å²) < 4.78 is 26.6. The smallest absolute Gasteiger partial charge is 0.217 e. The van der Waals surface area contributed by atoms with Gasteiger partial charge in [-0.1, -0.05) is 30.3 Å². The van der Waals surface area contributed by atoms with Gasteiger partial charge in [0.05, 0.1) is 10.9 Å². The number of hydrogen-bond acceptors (Lipinski definition) is 5. The second-order valence-electron chi connectivity index (χ2n) is 6.78. The fraction of sp³-hybridized carbons (Fsp3) is 0.500. The highest BCUT2D eigenvalue weighted by atomic mass is 32.2. The summed E-state index contributed by atoms with van der Waals surface area (Å²) >= 11 is 1.67. The molecule has 2 fully saturated rings. The quantitative estimate of drug-likeness (QED) is 0.804. The van der Waals surface area contributed by atoms with E-state index in [2.05, 4.69) is 22.4 Å². The number of thiazole rings is 1. The van der Waals surface area contributed by atoms with E-state index in [1.54, 1.807) is 15.6 Å². The van der Waals surface area contributed by atoms with Crippen LogP contribution in [0, 0.1) is 0 Å². The fourth-order valence-electron chi connectivity index (χ4n) is 3.26. The Morgan fingerprint density at radius 3 is 2.64 bits per heavy atom. The van der Waals surface area contributed by atoms with Crippen LogP contribution in [-0.2, 0) is 16.6 Å². The molecule has 7 heteroatoms. The molecule has 2 heterocycles. The zero-order chi connectivity index (χ0) is 17.3. The number of rotatable bonds is 5. The molecule has 2 aromatic rings. The molecule has 5 nitrogen and oxygen atoms in total. The molecule has 0 N–H and O–H groups in total. The molecule has 1 saturated carbocycles. The van der Waals surface area contributed by atoms with Crippen molar-refractivity contribution >= 4 is 21.4 Å². The zero-order valence-corrected chi connectivity index (χ0v) is 15.8. The van der Waals surface area contributed by atoms with Crippen LogP contribution in [0.5, 0.6) is 0 Å². The van der Waals surface area contributed by atoms with E-state index in [0.717, 1.165) is 55.2 Å². The largest absolute Gasteiger partial charge is 0.296 e. The van der Waals surface area contributed by atoms with Crippen LogP contribution in [0.3, 0.4) is 0 Å². The Kier molecular flexibility index (Phi) is 4.90. The van der Waals surface area contributed by atoms with Crippen molar-refractivity contribution in [2.75, 3.05) is 26.2 Å². The van der Waals surface area contributed by atoms with Gasteiger partial charge in [-0.2, -0.15) is 0 Å². The molecule has 0 radical (unpaired) electrons. The van der Waals surface area contributed by atoms with Crippen LogP contribution in [0.25, 0.3) is 10.6 Å². The maximum atomic E-state index is 12.4. The van der Waals surface area contributed by atoms with Crippen LogP contribution in [-0.4, -0.2) is 54.0 Å². The van der Waals surface area contributed by atoms with Crippen LogP contribution in [0.15, 0.2) is 35.7 Å². The van der Waals surface area contributed by atoms with Crippen molar-refractivity contribution in [2.45, 2.75) is 31.1 Å². The van der Waals surface area contributed by atoms with E-state index < -0.39 is 10.0 Å².